The lowest BCUT2D eigenvalue weighted by Gasteiger charge is -2.34. The van der Waals surface area contributed by atoms with Gasteiger partial charge in [-0.1, -0.05) is 25.0 Å². The Kier molecular flexibility index (Phi) is 8.35. The Morgan fingerprint density at radius 1 is 1.17 bits per heavy atom. The van der Waals surface area contributed by atoms with Crippen molar-refractivity contribution in [2.45, 2.75) is 65.0 Å². The van der Waals surface area contributed by atoms with Gasteiger partial charge in [0.2, 0.25) is 5.91 Å². The first-order chi connectivity index (χ1) is 14.2. The number of amides is 1. The number of ether oxygens (including phenoxy) is 1. The molecule has 1 aliphatic carbocycles. The van der Waals surface area contributed by atoms with Crippen LogP contribution in [-0.4, -0.2) is 49.1 Å². The van der Waals surface area contributed by atoms with Crippen molar-refractivity contribution in [3.05, 3.63) is 29.8 Å². The molecule has 1 aliphatic heterocycles. The van der Waals surface area contributed by atoms with Gasteiger partial charge in [-0.3, -0.25) is 4.79 Å². The van der Waals surface area contributed by atoms with Crippen LogP contribution in [-0.2, 0) is 16.1 Å². The number of carbonyl (C=O) groups excluding carboxylic acids is 1. The van der Waals surface area contributed by atoms with Crippen LogP contribution < -0.4 is 10.6 Å². The molecule has 1 saturated carbocycles. The molecule has 0 bridgehead atoms. The summed E-state index contributed by atoms with van der Waals surface area (Å²) in [6.45, 7) is 8.32. The first-order valence-corrected chi connectivity index (χ1v) is 11.2. The monoisotopic (exact) mass is 400 g/mol. The number of likely N-dealkylation sites (tertiary alicyclic amines) is 1. The van der Waals surface area contributed by atoms with E-state index in [1.54, 1.807) is 0 Å². The predicted octanol–water partition coefficient (Wildman–Crippen LogP) is 3.78. The molecule has 6 nitrogen and oxygen atoms in total. The van der Waals surface area contributed by atoms with Crippen LogP contribution in [0.15, 0.2) is 29.3 Å². The number of hydrogen-bond acceptors (Lipinski definition) is 3. The third-order valence-electron chi connectivity index (χ3n) is 5.81. The smallest absolute Gasteiger partial charge is 0.227 e. The first-order valence-electron chi connectivity index (χ1n) is 11.2. The zero-order valence-electron chi connectivity index (χ0n) is 18.0. The zero-order chi connectivity index (χ0) is 20.5. The highest BCUT2D eigenvalue weighted by atomic mass is 16.5. The lowest BCUT2D eigenvalue weighted by molar-refractivity contribution is -0.119. The van der Waals surface area contributed by atoms with Gasteiger partial charge >= 0.3 is 0 Å². The van der Waals surface area contributed by atoms with Gasteiger partial charge in [-0.05, 0) is 57.2 Å². The summed E-state index contributed by atoms with van der Waals surface area (Å²) in [7, 11) is 0. The molecular formula is C23H36N4O2. The van der Waals surface area contributed by atoms with E-state index < -0.39 is 0 Å². The van der Waals surface area contributed by atoms with Crippen molar-refractivity contribution >= 4 is 17.6 Å². The fourth-order valence-corrected chi connectivity index (χ4v) is 4.24. The average Bonchev–Trinajstić information content (AvgIpc) is 3.27. The molecule has 1 heterocycles. The van der Waals surface area contributed by atoms with Gasteiger partial charge in [0.25, 0.3) is 0 Å². The van der Waals surface area contributed by atoms with E-state index in [1.165, 1.54) is 12.8 Å². The summed E-state index contributed by atoms with van der Waals surface area (Å²) in [4.78, 5) is 19.6. The van der Waals surface area contributed by atoms with Gasteiger partial charge < -0.3 is 20.3 Å². The van der Waals surface area contributed by atoms with Gasteiger partial charge in [0.15, 0.2) is 5.96 Å². The number of guanidine groups is 1. The molecule has 1 amide bonds. The second kappa shape index (κ2) is 11.2. The number of benzene rings is 1. The fraction of sp³-hybridized carbons (Fsp3) is 0.652. The number of carbonyl (C=O) groups is 1. The third-order valence-corrected chi connectivity index (χ3v) is 5.81. The largest absolute Gasteiger partial charge is 0.378 e. The van der Waals surface area contributed by atoms with Crippen LogP contribution in [0.2, 0.25) is 0 Å². The van der Waals surface area contributed by atoms with Crippen molar-refractivity contribution < 1.29 is 9.53 Å². The number of piperidine rings is 1. The van der Waals surface area contributed by atoms with E-state index in [-0.39, 0.29) is 11.8 Å². The average molecular weight is 401 g/mol. The normalized spacial score (nSPS) is 18.8. The Morgan fingerprint density at radius 3 is 2.62 bits per heavy atom. The van der Waals surface area contributed by atoms with E-state index in [2.05, 4.69) is 35.4 Å². The number of anilines is 1. The van der Waals surface area contributed by atoms with Crippen molar-refractivity contribution in [3.8, 4) is 0 Å². The Bertz CT molecular complexity index is 677. The van der Waals surface area contributed by atoms with E-state index in [4.69, 9.17) is 9.73 Å². The summed E-state index contributed by atoms with van der Waals surface area (Å²) >= 11 is 0. The molecule has 6 heteroatoms. The molecule has 1 saturated heterocycles. The van der Waals surface area contributed by atoms with Crippen LogP contribution in [0.3, 0.4) is 0 Å². The molecule has 2 aliphatic rings. The van der Waals surface area contributed by atoms with Crippen molar-refractivity contribution in [1.82, 2.24) is 10.2 Å². The minimum absolute atomic E-state index is 0.161. The highest BCUT2D eigenvalue weighted by molar-refractivity contribution is 5.92. The van der Waals surface area contributed by atoms with Crippen LogP contribution >= 0.6 is 0 Å². The van der Waals surface area contributed by atoms with Crippen LogP contribution in [0.25, 0.3) is 0 Å². The van der Waals surface area contributed by atoms with Gasteiger partial charge in [0.1, 0.15) is 0 Å². The van der Waals surface area contributed by atoms with E-state index in [0.29, 0.717) is 12.6 Å². The molecule has 0 aromatic heterocycles. The van der Waals surface area contributed by atoms with Gasteiger partial charge in [-0.2, -0.15) is 0 Å². The van der Waals surface area contributed by atoms with E-state index in [9.17, 15) is 4.79 Å². The van der Waals surface area contributed by atoms with Crippen molar-refractivity contribution in [1.29, 1.82) is 0 Å². The molecule has 2 N–H and O–H groups in total. The summed E-state index contributed by atoms with van der Waals surface area (Å²) in [6.07, 6.45) is 6.83. The minimum Gasteiger partial charge on any atom is -0.378 e. The summed E-state index contributed by atoms with van der Waals surface area (Å²) in [6, 6.07) is 8.07. The van der Waals surface area contributed by atoms with Crippen molar-refractivity contribution in [2.24, 2.45) is 10.9 Å². The summed E-state index contributed by atoms with van der Waals surface area (Å²) in [5.41, 5.74) is 1.98. The summed E-state index contributed by atoms with van der Waals surface area (Å²) in [5, 5.41) is 6.51. The number of hydrogen-bond donors (Lipinski definition) is 2. The van der Waals surface area contributed by atoms with Crippen LogP contribution in [0.1, 0.15) is 57.9 Å². The number of rotatable bonds is 7. The molecule has 160 valence electrons. The van der Waals surface area contributed by atoms with E-state index in [1.807, 2.05) is 18.2 Å². The molecular weight excluding hydrogens is 364 g/mol. The molecule has 2 fully saturated rings. The van der Waals surface area contributed by atoms with E-state index >= 15 is 0 Å². The van der Waals surface area contributed by atoms with Crippen molar-refractivity contribution in [3.63, 3.8) is 0 Å². The summed E-state index contributed by atoms with van der Waals surface area (Å²) in [5.74, 6) is 1.30. The maximum Gasteiger partial charge on any atom is 0.227 e. The lowest BCUT2D eigenvalue weighted by atomic mass is 10.1. The standard InChI is InChI=1S/C23H36N4O2/c1-3-24-23(27-14-12-21(13-15-27)29-4-2)25-17-18-8-7-11-20(16-18)26-22(28)19-9-5-6-10-19/h7-8,11,16,19,21H,3-6,9-10,12-15,17H2,1-2H3,(H,24,25)(H,26,28). The number of nitrogens with zero attached hydrogens (tertiary/aromatic N) is 2. The second-order valence-corrected chi connectivity index (χ2v) is 7.98. The topological polar surface area (TPSA) is 66.0 Å². The van der Waals surface area contributed by atoms with Gasteiger partial charge in [-0.15, -0.1) is 0 Å². The number of nitrogens with one attached hydrogen (secondary N) is 2. The van der Waals surface area contributed by atoms with Gasteiger partial charge in [-0.25, -0.2) is 4.99 Å². The quantitative estimate of drug-likeness (QED) is 0.540. The molecule has 0 radical (unpaired) electrons. The van der Waals surface area contributed by atoms with Crippen molar-refractivity contribution in [2.75, 3.05) is 31.6 Å². The fourth-order valence-electron chi connectivity index (χ4n) is 4.24. The maximum atomic E-state index is 12.4. The Morgan fingerprint density at radius 2 is 1.93 bits per heavy atom. The zero-order valence-corrected chi connectivity index (χ0v) is 18.0. The molecule has 3 rings (SSSR count). The van der Waals surface area contributed by atoms with E-state index in [0.717, 1.165) is 69.1 Å². The third kappa shape index (κ3) is 6.46. The maximum absolute atomic E-state index is 12.4. The SMILES string of the molecule is CCNC(=NCc1cccc(NC(=O)C2CCCC2)c1)N1CCC(OCC)CC1. The Hall–Kier alpha value is -2.08. The molecule has 1 aromatic rings. The molecule has 0 unspecified atom stereocenters. The predicted molar refractivity (Wildman–Crippen MR) is 118 cm³/mol. The van der Waals surface area contributed by atoms with Crippen LogP contribution in [0.5, 0.6) is 0 Å². The molecule has 1 aromatic carbocycles. The van der Waals surface area contributed by atoms with Crippen LogP contribution in [0.4, 0.5) is 5.69 Å². The lowest BCUT2D eigenvalue weighted by Crippen LogP contribution is -2.47. The molecule has 29 heavy (non-hydrogen) atoms. The van der Waals surface area contributed by atoms with Crippen LogP contribution in [0, 0.1) is 5.92 Å². The second-order valence-electron chi connectivity index (χ2n) is 7.98. The van der Waals surface area contributed by atoms with Gasteiger partial charge in [0.05, 0.1) is 12.6 Å². The minimum atomic E-state index is 0.161. The highest BCUT2D eigenvalue weighted by Crippen LogP contribution is 2.26. The Balaban J connectivity index is 1.58. The summed E-state index contributed by atoms with van der Waals surface area (Å²) < 4.78 is 5.76. The first kappa shape index (κ1) is 21.6. The molecule has 0 spiro atoms. The highest BCUT2D eigenvalue weighted by Gasteiger charge is 2.23. The Labute approximate surface area is 175 Å². The molecule has 0 atom stereocenters. The van der Waals surface area contributed by atoms with Gasteiger partial charge in [0, 0.05) is 37.8 Å². The number of aliphatic imine (C=N–C) groups is 1.